The Kier molecular flexibility index (Phi) is 1.88. The molecule has 76 valence electrons. The van der Waals surface area contributed by atoms with Crippen LogP contribution in [0, 0.1) is 5.92 Å². The van der Waals surface area contributed by atoms with Gasteiger partial charge in [0.1, 0.15) is 11.9 Å². The van der Waals surface area contributed by atoms with E-state index in [9.17, 15) is 4.79 Å². The molecule has 1 aliphatic carbocycles. The van der Waals surface area contributed by atoms with Gasteiger partial charge in [-0.05, 0) is 24.8 Å². The predicted molar refractivity (Wildman–Crippen MR) is 57.7 cm³/mol. The first-order valence-electron chi connectivity index (χ1n) is 5.31. The molecule has 0 saturated heterocycles. The first-order valence-corrected chi connectivity index (χ1v) is 5.31. The number of para-hydroxylation sites is 1. The van der Waals surface area contributed by atoms with Crippen LogP contribution in [-0.2, 0) is 4.79 Å². The van der Waals surface area contributed by atoms with Crippen molar-refractivity contribution < 1.29 is 9.21 Å². The molecular weight excluding hydrogens is 188 g/mol. The first-order chi connectivity index (χ1) is 7.40. The van der Waals surface area contributed by atoms with Gasteiger partial charge in [-0.2, -0.15) is 0 Å². The summed E-state index contributed by atoms with van der Waals surface area (Å²) in [6, 6.07) is 7.94. The van der Waals surface area contributed by atoms with Crippen molar-refractivity contribution in [1.29, 1.82) is 0 Å². The highest BCUT2D eigenvalue weighted by Crippen LogP contribution is 2.43. The molecule has 1 heterocycles. The van der Waals surface area contributed by atoms with Gasteiger partial charge in [0.25, 0.3) is 0 Å². The average Bonchev–Trinajstić information content (AvgIpc) is 2.97. The van der Waals surface area contributed by atoms with Crippen molar-refractivity contribution in [2.24, 2.45) is 5.92 Å². The molecule has 15 heavy (non-hydrogen) atoms. The maximum Gasteiger partial charge on any atom is 0.137 e. The average molecular weight is 200 g/mol. The molecule has 0 radical (unpaired) electrons. The molecule has 1 unspecified atom stereocenters. The van der Waals surface area contributed by atoms with Gasteiger partial charge >= 0.3 is 0 Å². The molecule has 0 aliphatic heterocycles. The van der Waals surface area contributed by atoms with Crippen molar-refractivity contribution in [3.63, 3.8) is 0 Å². The molecule has 1 saturated carbocycles. The van der Waals surface area contributed by atoms with Gasteiger partial charge in [-0.15, -0.1) is 0 Å². The quantitative estimate of drug-likeness (QED) is 0.712. The fourth-order valence-corrected chi connectivity index (χ4v) is 2.17. The van der Waals surface area contributed by atoms with Crippen molar-refractivity contribution in [2.75, 3.05) is 0 Å². The monoisotopic (exact) mass is 200 g/mol. The summed E-state index contributed by atoms with van der Waals surface area (Å²) < 4.78 is 5.45. The molecule has 1 atom stereocenters. The molecule has 0 bridgehead atoms. The minimum absolute atomic E-state index is 0.0276. The minimum Gasteiger partial charge on any atom is -0.464 e. The van der Waals surface area contributed by atoms with Crippen molar-refractivity contribution in [3.05, 3.63) is 36.1 Å². The van der Waals surface area contributed by atoms with Gasteiger partial charge in [0.05, 0.1) is 6.26 Å². The van der Waals surface area contributed by atoms with E-state index in [0.717, 1.165) is 22.8 Å². The third kappa shape index (κ3) is 1.37. The topological polar surface area (TPSA) is 30.2 Å². The number of fused-ring (bicyclic) bond motifs is 1. The third-order valence-corrected chi connectivity index (χ3v) is 3.15. The lowest BCUT2D eigenvalue weighted by molar-refractivity contribution is -0.109. The summed E-state index contributed by atoms with van der Waals surface area (Å²) in [6.45, 7) is 0. The lowest BCUT2D eigenvalue weighted by atomic mass is 9.94. The number of carbonyl (C=O) groups is 1. The Labute approximate surface area is 87.9 Å². The van der Waals surface area contributed by atoms with E-state index in [0.29, 0.717) is 5.92 Å². The fourth-order valence-electron chi connectivity index (χ4n) is 2.17. The van der Waals surface area contributed by atoms with Crippen molar-refractivity contribution in [1.82, 2.24) is 0 Å². The Hall–Kier alpha value is -1.57. The van der Waals surface area contributed by atoms with Gasteiger partial charge in [0.2, 0.25) is 0 Å². The highest BCUT2D eigenvalue weighted by Gasteiger charge is 2.33. The summed E-state index contributed by atoms with van der Waals surface area (Å²) in [4.78, 5) is 11.1. The molecule has 2 nitrogen and oxygen atoms in total. The summed E-state index contributed by atoms with van der Waals surface area (Å²) in [6.07, 6.45) is 5.08. The number of benzene rings is 1. The number of rotatable bonds is 3. The van der Waals surface area contributed by atoms with Crippen molar-refractivity contribution in [2.45, 2.75) is 18.8 Å². The van der Waals surface area contributed by atoms with Crippen LogP contribution in [0.15, 0.2) is 34.9 Å². The SMILES string of the molecule is O=CC(c1cccc2ccoc12)C1CC1. The van der Waals surface area contributed by atoms with Crippen LogP contribution in [0.5, 0.6) is 0 Å². The molecule has 3 rings (SSSR count). The summed E-state index contributed by atoms with van der Waals surface area (Å²) >= 11 is 0. The van der Waals surface area contributed by atoms with Crippen LogP contribution in [0.25, 0.3) is 11.0 Å². The maximum absolute atomic E-state index is 11.1. The molecule has 0 N–H and O–H groups in total. The van der Waals surface area contributed by atoms with E-state index < -0.39 is 0 Å². The lowest BCUT2D eigenvalue weighted by Gasteiger charge is -2.09. The number of hydrogen-bond acceptors (Lipinski definition) is 2. The van der Waals surface area contributed by atoms with Crippen LogP contribution in [0.4, 0.5) is 0 Å². The summed E-state index contributed by atoms with van der Waals surface area (Å²) in [7, 11) is 0. The smallest absolute Gasteiger partial charge is 0.137 e. The molecule has 1 aromatic carbocycles. The van der Waals surface area contributed by atoms with Crippen LogP contribution in [0.1, 0.15) is 24.3 Å². The third-order valence-electron chi connectivity index (χ3n) is 3.15. The van der Waals surface area contributed by atoms with Gasteiger partial charge in [0.15, 0.2) is 0 Å². The van der Waals surface area contributed by atoms with Crippen LogP contribution in [0.3, 0.4) is 0 Å². The molecule has 0 spiro atoms. The van der Waals surface area contributed by atoms with Crippen LogP contribution in [-0.4, -0.2) is 6.29 Å². The van der Waals surface area contributed by atoms with Gasteiger partial charge in [-0.3, -0.25) is 0 Å². The second-order valence-corrected chi connectivity index (χ2v) is 4.19. The van der Waals surface area contributed by atoms with E-state index in [4.69, 9.17) is 4.42 Å². The standard InChI is InChI=1S/C13H12O2/c14-8-12(9-4-5-9)11-3-1-2-10-6-7-15-13(10)11/h1-3,6-9,12H,4-5H2. The highest BCUT2D eigenvalue weighted by atomic mass is 16.3. The number of furan rings is 1. The van der Waals surface area contributed by atoms with E-state index in [2.05, 4.69) is 0 Å². The number of hydrogen-bond donors (Lipinski definition) is 0. The molecule has 1 aromatic heterocycles. The van der Waals surface area contributed by atoms with Crippen LogP contribution in [0.2, 0.25) is 0 Å². The van der Waals surface area contributed by atoms with Crippen molar-refractivity contribution >= 4 is 17.3 Å². The minimum atomic E-state index is 0.0276. The molecule has 2 heteroatoms. The number of carbonyl (C=O) groups excluding carboxylic acids is 1. The first kappa shape index (κ1) is 8.72. The van der Waals surface area contributed by atoms with Gasteiger partial charge < -0.3 is 9.21 Å². The summed E-state index contributed by atoms with van der Waals surface area (Å²) in [5.41, 5.74) is 1.93. The Morgan fingerprint density at radius 2 is 2.20 bits per heavy atom. The van der Waals surface area contributed by atoms with Gasteiger partial charge in [-0.1, -0.05) is 18.2 Å². The molecule has 2 aromatic rings. The second-order valence-electron chi connectivity index (χ2n) is 4.19. The van der Waals surface area contributed by atoms with E-state index >= 15 is 0 Å². The highest BCUT2D eigenvalue weighted by molar-refractivity contribution is 5.84. The van der Waals surface area contributed by atoms with E-state index in [-0.39, 0.29) is 5.92 Å². The maximum atomic E-state index is 11.1. The lowest BCUT2D eigenvalue weighted by Crippen LogP contribution is -2.02. The largest absolute Gasteiger partial charge is 0.464 e. The zero-order chi connectivity index (χ0) is 10.3. The zero-order valence-electron chi connectivity index (χ0n) is 8.35. The predicted octanol–water partition coefficient (Wildman–Crippen LogP) is 3.13. The molecule has 0 amide bonds. The summed E-state index contributed by atoms with van der Waals surface area (Å²) in [5.74, 6) is 0.568. The zero-order valence-corrected chi connectivity index (χ0v) is 8.35. The normalized spacial score (nSPS) is 17.9. The molecule has 1 aliphatic rings. The Bertz CT molecular complexity index is 494. The van der Waals surface area contributed by atoms with E-state index in [1.54, 1.807) is 6.26 Å². The summed E-state index contributed by atoms with van der Waals surface area (Å²) in [5, 5.41) is 1.08. The van der Waals surface area contributed by atoms with Gasteiger partial charge in [-0.25, -0.2) is 0 Å². The number of aldehydes is 1. The van der Waals surface area contributed by atoms with Gasteiger partial charge in [0, 0.05) is 16.9 Å². The van der Waals surface area contributed by atoms with E-state index in [1.807, 2.05) is 24.3 Å². The molecular formula is C13H12O2. The second kappa shape index (κ2) is 3.23. The van der Waals surface area contributed by atoms with E-state index in [1.165, 1.54) is 12.8 Å². The Morgan fingerprint density at radius 3 is 2.93 bits per heavy atom. The fraction of sp³-hybridized carbons (Fsp3) is 0.308. The Morgan fingerprint density at radius 1 is 1.33 bits per heavy atom. The molecule has 1 fully saturated rings. The van der Waals surface area contributed by atoms with Crippen molar-refractivity contribution in [3.8, 4) is 0 Å². The Balaban J connectivity index is 2.15. The van der Waals surface area contributed by atoms with Crippen LogP contribution >= 0.6 is 0 Å². The van der Waals surface area contributed by atoms with Crippen LogP contribution < -0.4 is 0 Å².